The van der Waals surface area contributed by atoms with E-state index >= 15 is 0 Å². The van der Waals surface area contributed by atoms with Gasteiger partial charge in [-0.1, -0.05) is 31.2 Å². The number of carbonyl (C=O) groups is 1. The Bertz CT molecular complexity index is 617. The van der Waals surface area contributed by atoms with Crippen molar-refractivity contribution in [2.24, 2.45) is 7.05 Å². The normalized spacial score (nSPS) is 12.3. The van der Waals surface area contributed by atoms with Gasteiger partial charge >= 0.3 is 5.97 Å². The quantitative estimate of drug-likeness (QED) is 0.910. The van der Waals surface area contributed by atoms with Gasteiger partial charge in [-0.2, -0.15) is 5.10 Å². The molecule has 2 rings (SSSR count). The summed E-state index contributed by atoms with van der Waals surface area (Å²) in [6.07, 6.45) is 1.32. The number of aliphatic carboxylic acids is 1. The van der Waals surface area contributed by atoms with Crippen LogP contribution < -0.4 is 0 Å². The molecule has 20 heavy (non-hydrogen) atoms. The van der Waals surface area contributed by atoms with Gasteiger partial charge in [0, 0.05) is 19.2 Å². The molecule has 0 aliphatic heterocycles. The van der Waals surface area contributed by atoms with Gasteiger partial charge < -0.3 is 5.11 Å². The van der Waals surface area contributed by atoms with Crippen molar-refractivity contribution in [1.82, 2.24) is 9.78 Å². The van der Waals surface area contributed by atoms with Gasteiger partial charge in [0.05, 0.1) is 11.6 Å². The number of benzene rings is 1. The Kier molecular flexibility index (Phi) is 4.23. The lowest BCUT2D eigenvalue weighted by Crippen LogP contribution is -2.17. The number of carboxylic acid groups (broad SMARTS) is 1. The molecule has 1 heterocycles. The van der Waals surface area contributed by atoms with Crippen molar-refractivity contribution in [2.45, 2.75) is 32.6 Å². The Morgan fingerprint density at radius 1 is 1.40 bits per heavy atom. The minimum absolute atomic E-state index is 0.462. The van der Waals surface area contributed by atoms with Crippen molar-refractivity contribution >= 4 is 5.97 Å². The topological polar surface area (TPSA) is 55.1 Å². The van der Waals surface area contributed by atoms with Crippen LogP contribution in [0.2, 0.25) is 0 Å². The number of hydrogen-bond acceptors (Lipinski definition) is 2. The summed E-state index contributed by atoms with van der Waals surface area (Å²) in [5.74, 6) is -1.32. The molecule has 0 saturated carbocycles. The molecule has 0 aliphatic rings. The first-order valence-corrected chi connectivity index (χ1v) is 6.83. The minimum atomic E-state index is -0.793. The highest BCUT2D eigenvalue weighted by Gasteiger charge is 2.23. The van der Waals surface area contributed by atoms with Crippen molar-refractivity contribution in [3.05, 3.63) is 52.8 Å². The van der Waals surface area contributed by atoms with Crippen LogP contribution in [0.5, 0.6) is 0 Å². The van der Waals surface area contributed by atoms with Crippen molar-refractivity contribution in [1.29, 1.82) is 0 Å². The average molecular weight is 272 g/mol. The predicted octanol–water partition coefficient (Wildman–Crippen LogP) is 2.70. The molecule has 0 fully saturated rings. The summed E-state index contributed by atoms with van der Waals surface area (Å²) in [4.78, 5) is 11.6. The largest absolute Gasteiger partial charge is 0.481 e. The zero-order valence-electron chi connectivity index (χ0n) is 12.1. The van der Waals surface area contributed by atoms with Gasteiger partial charge in [-0.05, 0) is 30.5 Å². The molecule has 4 heteroatoms. The van der Waals surface area contributed by atoms with E-state index in [0.29, 0.717) is 6.42 Å². The summed E-state index contributed by atoms with van der Waals surface area (Å²) < 4.78 is 1.78. The highest BCUT2D eigenvalue weighted by atomic mass is 16.4. The smallest absolute Gasteiger partial charge is 0.311 e. The lowest BCUT2D eigenvalue weighted by Gasteiger charge is -2.15. The summed E-state index contributed by atoms with van der Waals surface area (Å²) in [5, 5.41) is 13.9. The van der Waals surface area contributed by atoms with E-state index in [2.05, 4.69) is 5.10 Å². The molecule has 0 spiro atoms. The van der Waals surface area contributed by atoms with Crippen molar-refractivity contribution < 1.29 is 9.90 Å². The van der Waals surface area contributed by atoms with E-state index in [-0.39, 0.29) is 0 Å². The maximum absolute atomic E-state index is 11.6. The fourth-order valence-corrected chi connectivity index (χ4v) is 2.45. The second-order valence-corrected chi connectivity index (χ2v) is 5.06. The summed E-state index contributed by atoms with van der Waals surface area (Å²) in [6, 6.07) is 9.65. The molecular formula is C16H20N2O2. The van der Waals surface area contributed by atoms with Gasteiger partial charge in [0.15, 0.2) is 0 Å². The Morgan fingerprint density at radius 2 is 2.10 bits per heavy atom. The van der Waals surface area contributed by atoms with Gasteiger partial charge in [-0.15, -0.1) is 0 Å². The van der Waals surface area contributed by atoms with E-state index in [1.165, 1.54) is 0 Å². The number of aromatic nitrogens is 2. The molecule has 2 aromatic rings. The van der Waals surface area contributed by atoms with E-state index in [0.717, 1.165) is 28.9 Å². The molecule has 1 unspecified atom stereocenters. The summed E-state index contributed by atoms with van der Waals surface area (Å²) in [6.45, 7) is 3.99. The maximum Gasteiger partial charge on any atom is 0.311 e. The van der Waals surface area contributed by atoms with E-state index in [4.69, 9.17) is 0 Å². The van der Waals surface area contributed by atoms with E-state index < -0.39 is 11.9 Å². The van der Waals surface area contributed by atoms with Crippen LogP contribution >= 0.6 is 0 Å². The lowest BCUT2D eigenvalue weighted by atomic mass is 9.91. The number of nitrogens with zero attached hydrogens (tertiary/aromatic N) is 2. The van der Waals surface area contributed by atoms with Crippen LogP contribution in [0.3, 0.4) is 0 Å². The third kappa shape index (κ3) is 2.90. The fourth-order valence-electron chi connectivity index (χ4n) is 2.45. The van der Waals surface area contributed by atoms with Crippen LogP contribution in [0.15, 0.2) is 30.3 Å². The predicted molar refractivity (Wildman–Crippen MR) is 77.8 cm³/mol. The second-order valence-electron chi connectivity index (χ2n) is 5.06. The molecule has 4 nitrogen and oxygen atoms in total. The maximum atomic E-state index is 11.6. The van der Waals surface area contributed by atoms with Crippen molar-refractivity contribution in [2.75, 3.05) is 0 Å². The molecule has 1 aromatic carbocycles. The second kappa shape index (κ2) is 5.90. The highest BCUT2D eigenvalue weighted by molar-refractivity contribution is 5.77. The zero-order chi connectivity index (χ0) is 14.7. The first kappa shape index (κ1) is 14.3. The van der Waals surface area contributed by atoms with Gasteiger partial charge in [-0.3, -0.25) is 9.48 Å². The third-order valence-corrected chi connectivity index (χ3v) is 3.66. The molecule has 1 N–H and O–H groups in total. The molecule has 0 saturated heterocycles. The van der Waals surface area contributed by atoms with Gasteiger partial charge in [0.1, 0.15) is 0 Å². The number of rotatable bonds is 5. The molecule has 0 aliphatic carbocycles. The number of carboxylic acids is 1. The molecular weight excluding hydrogens is 252 g/mol. The monoisotopic (exact) mass is 272 g/mol. The number of hydrogen-bond donors (Lipinski definition) is 1. The van der Waals surface area contributed by atoms with Gasteiger partial charge in [-0.25, -0.2) is 0 Å². The Morgan fingerprint density at radius 3 is 2.65 bits per heavy atom. The van der Waals surface area contributed by atoms with Crippen LogP contribution in [0, 0.1) is 6.92 Å². The Hall–Kier alpha value is -2.10. The molecule has 1 atom stereocenters. The fraction of sp³-hybridized carbons (Fsp3) is 0.375. The summed E-state index contributed by atoms with van der Waals surface area (Å²) in [5.41, 5.74) is 3.84. The number of aryl methyl sites for hydroxylation is 3. The van der Waals surface area contributed by atoms with Crippen LogP contribution in [-0.4, -0.2) is 20.9 Å². The standard InChI is InChI=1S/C16H20N2O2/c1-4-12-9-13(18(3)17-12)10-15(16(19)20)14-8-6-5-7-11(14)2/h5-9,15H,4,10H2,1-3H3,(H,19,20). The zero-order valence-corrected chi connectivity index (χ0v) is 12.1. The van der Waals surface area contributed by atoms with Crippen molar-refractivity contribution in [3.63, 3.8) is 0 Å². The Labute approximate surface area is 119 Å². The first-order valence-electron chi connectivity index (χ1n) is 6.83. The molecule has 106 valence electrons. The molecule has 0 radical (unpaired) electrons. The van der Waals surface area contributed by atoms with Crippen LogP contribution in [0.25, 0.3) is 0 Å². The van der Waals surface area contributed by atoms with Crippen LogP contribution in [0.4, 0.5) is 0 Å². The first-order chi connectivity index (χ1) is 9.52. The van der Waals surface area contributed by atoms with E-state index in [1.54, 1.807) is 4.68 Å². The van der Waals surface area contributed by atoms with Gasteiger partial charge in [0.2, 0.25) is 0 Å². The highest BCUT2D eigenvalue weighted by Crippen LogP contribution is 2.24. The van der Waals surface area contributed by atoms with Crippen molar-refractivity contribution in [3.8, 4) is 0 Å². The SMILES string of the molecule is CCc1cc(CC(C(=O)O)c2ccccc2C)n(C)n1. The Balaban J connectivity index is 2.33. The summed E-state index contributed by atoms with van der Waals surface area (Å²) in [7, 11) is 1.87. The van der Waals surface area contributed by atoms with Crippen LogP contribution in [-0.2, 0) is 24.7 Å². The molecule has 0 bridgehead atoms. The average Bonchev–Trinajstić information content (AvgIpc) is 2.77. The summed E-state index contributed by atoms with van der Waals surface area (Å²) >= 11 is 0. The molecule has 1 aromatic heterocycles. The van der Waals surface area contributed by atoms with Gasteiger partial charge in [0.25, 0.3) is 0 Å². The minimum Gasteiger partial charge on any atom is -0.481 e. The lowest BCUT2D eigenvalue weighted by molar-refractivity contribution is -0.138. The third-order valence-electron chi connectivity index (χ3n) is 3.66. The molecule has 0 amide bonds. The van der Waals surface area contributed by atoms with E-state index in [1.807, 2.05) is 51.2 Å². The van der Waals surface area contributed by atoms with E-state index in [9.17, 15) is 9.90 Å². The van der Waals surface area contributed by atoms with Crippen LogP contribution in [0.1, 0.15) is 35.4 Å².